The van der Waals surface area contributed by atoms with Crippen molar-refractivity contribution in [1.29, 1.82) is 0 Å². The molecule has 1 heterocycles. The maximum absolute atomic E-state index is 11.7. The van der Waals surface area contributed by atoms with Crippen molar-refractivity contribution in [2.45, 2.75) is 25.9 Å². The number of nitrogen functional groups attached to an aromatic ring is 1. The van der Waals surface area contributed by atoms with Gasteiger partial charge in [-0.1, -0.05) is 12.1 Å². The highest BCUT2D eigenvalue weighted by molar-refractivity contribution is 5.67. The largest absolute Gasteiger partial charge is 0.445 e. The Balaban J connectivity index is 1.83. The summed E-state index contributed by atoms with van der Waals surface area (Å²) in [7, 11) is 0. The second-order valence-corrected chi connectivity index (χ2v) is 4.35. The molecule has 92 valence electrons. The average molecular weight is 234 g/mol. The Hall–Kier alpha value is -1.71. The van der Waals surface area contributed by atoms with Crippen LogP contribution in [-0.4, -0.2) is 24.1 Å². The highest BCUT2D eigenvalue weighted by atomic mass is 16.6. The van der Waals surface area contributed by atoms with Crippen molar-refractivity contribution < 1.29 is 9.53 Å². The van der Waals surface area contributed by atoms with Crippen LogP contribution in [0.1, 0.15) is 24.8 Å². The number of carbonyl (C=O) groups excluding carboxylic acids is 1. The molecule has 4 nitrogen and oxygen atoms in total. The van der Waals surface area contributed by atoms with Crippen molar-refractivity contribution in [3.8, 4) is 0 Å². The van der Waals surface area contributed by atoms with Crippen molar-refractivity contribution in [3.05, 3.63) is 29.8 Å². The summed E-state index contributed by atoms with van der Waals surface area (Å²) in [5.41, 5.74) is 7.27. The zero-order chi connectivity index (χ0) is 12.1. The Morgan fingerprint density at radius 2 is 2.06 bits per heavy atom. The third kappa shape index (κ3) is 3.37. The first-order valence-corrected chi connectivity index (χ1v) is 6.02. The Morgan fingerprint density at radius 1 is 1.29 bits per heavy atom. The van der Waals surface area contributed by atoms with Gasteiger partial charge in [0.05, 0.1) is 0 Å². The van der Waals surface area contributed by atoms with Crippen LogP contribution in [0.5, 0.6) is 0 Å². The van der Waals surface area contributed by atoms with Gasteiger partial charge in [-0.2, -0.15) is 0 Å². The molecule has 1 amide bonds. The summed E-state index contributed by atoms with van der Waals surface area (Å²) in [5, 5.41) is 0. The number of piperidine rings is 1. The van der Waals surface area contributed by atoms with Gasteiger partial charge in [-0.05, 0) is 37.0 Å². The van der Waals surface area contributed by atoms with Crippen molar-refractivity contribution in [2.75, 3.05) is 18.8 Å². The second-order valence-electron chi connectivity index (χ2n) is 4.35. The molecule has 0 unspecified atom stereocenters. The van der Waals surface area contributed by atoms with Crippen LogP contribution in [0.2, 0.25) is 0 Å². The number of carbonyl (C=O) groups is 1. The fraction of sp³-hybridized carbons (Fsp3) is 0.462. The second kappa shape index (κ2) is 5.57. The van der Waals surface area contributed by atoms with Gasteiger partial charge in [-0.3, -0.25) is 0 Å². The molecule has 0 aromatic heterocycles. The molecule has 4 heteroatoms. The SMILES string of the molecule is Nc1cccc(COC(=O)N2CCCCC2)c1. The smallest absolute Gasteiger partial charge is 0.410 e. The predicted octanol–water partition coefficient (Wildman–Crippen LogP) is 2.39. The topological polar surface area (TPSA) is 55.6 Å². The number of hydrogen-bond donors (Lipinski definition) is 1. The Bertz CT molecular complexity index is 387. The summed E-state index contributed by atoms with van der Waals surface area (Å²) in [6.07, 6.45) is 3.15. The molecule has 0 spiro atoms. The van der Waals surface area contributed by atoms with E-state index in [1.165, 1.54) is 6.42 Å². The lowest BCUT2D eigenvalue weighted by Crippen LogP contribution is -2.35. The molecule has 0 bridgehead atoms. The van der Waals surface area contributed by atoms with Crippen LogP contribution in [0.15, 0.2) is 24.3 Å². The van der Waals surface area contributed by atoms with Crippen molar-refractivity contribution in [3.63, 3.8) is 0 Å². The third-order valence-corrected chi connectivity index (χ3v) is 2.93. The van der Waals surface area contributed by atoms with E-state index in [1.807, 2.05) is 24.3 Å². The number of likely N-dealkylation sites (tertiary alicyclic amines) is 1. The molecule has 1 fully saturated rings. The fourth-order valence-corrected chi connectivity index (χ4v) is 2.00. The molecule has 1 aliphatic rings. The third-order valence-electron chi connectivity index (χ3n) is 2.93. The number of nitrogens with zero attached hydrogens (tertiary/aromatic N) is 1. The van der Waals surface area contributed by atoms with Gasteiger partial charge in [0, 0.05) is 18.8 Å². The summed E-state index contributed by atoms with van der Waals surface area (Å²) < 4.78 is 5.25. The molecule has 1 aromatic rings. The average Bonchev–Trinajstić information content (AvgIpc) is 2.37. The zero-order valence-electron chi connectivity index (χ0n) is 9.89. The van der Waals surface area contributed by atoms with E-state index in [1.54, 1.807) is 4.90 Å². The molecule has 2 N–H and O–H groups in total. The van der Waals surface area contributed by atoms with E-state index in [0.29, 0.717) is 12.3 Å². The molecular formula is C13H18N2O2. The summed E-state index contributed by atoms with van der Waals surface area (Å²) in [4.78, 5) is 13.5. The Labute approximate surface area is 101 Å². The number of hydrogen-bond acceptors (Lipinski definition) is 3. The van der Waals surface area contributed by atoms with E-state index >= 15 is 0 Å². The van der Waals surface area contributed by atoms with Crippen LogP contribution in [-0.2, 0) is 11.3 Å². The Kier molecular flexibility index (Phi) is 3.85. The van der Waals surface area contributed by atoms with E-state index in [4.69, 9.17) is 10.5 Å². The van der Waals surface area contributed by atoms with Crippen LogP contribution in [0.4, 0.5) is 10.5 Å². The summed E-state index contributed by atoms with van der Waals surface area (Å²) >= 11 is 0. The van der Waals surface area contributed by atoms with Crippen molar-refractivity contribution in [2.24, 2.45) is 0 Å². The van der Waals surface area contributed by atoms with Crippen LogP contribution in [0, 0.1) is 0 Å². The molecule has 0 atom stereocenters. The summed E-state index contributed by atoms with van der Waals surface area (Å²) in [6.45, 7) is 1.92. The summed E-state index contributed by atoms with van der Waals surface area (Å²) in [6, 6.07) is 7.40. The molecule has 0 saturated carbocycles. The molecule has 0 aliphatic carbocycles. The highest BCUT2D eigenvalue weighted by Gasteiger charge is 2.17. The van der Waals surface area contributed by atoms with E-state index in [-0.39, 0.29) is 6.09 Å². The number of ether oxygens (including phenoxy) is 1. The van der Waals surface area contributed by atoms with Crippen molar-refractivity contribution >= 4 is 11.8 Å². The van der Waals surface area contributed by atoms with Gasteiger partial charge < -0.3 is 15.4 Å². The van der Waals surface area contributed by atoms with E-state index in [0.717, 1.165) is 31.5 Å². The first kappa shape index (κ1) is 11.8. The minimum Gasteiger partial charge on any atom is -0.445 e. The van der Waals surface area contributed by atoms with Gasteiger partial charge in [0.25, 0.3) is 0 Å². The quantitative estimate of drug-likeness (QED) is 0.799. The number of anilines is 1. The van der Waals surface area contributed by atoms with Crippen molar-refractivity contribution in [1.82, 2.24) is 4.90 Å². The van der Waals surface area contributed by atoms with Gasteiger partial charge >= 0.3 is 6.09 Å². The Morgan fingerprint density at radius 3 is 2.76 bits per heavy atom. The molecule has 1 saturated heterocycles. The number of nitrogens with two attached hydrogens (primary N) is 1. The number of amides is 1. The number of benzene rings is 1. The maximum Gasteiger partial charge on any atom is 0.410 e. The molecule has 2 rings (SSSR count). The van der Waals surface area contributed by atoms with Gasteiger partial charge in [-0.15, -0.1) is 0 Å². The zero-order valence-corrected chi connectivity index (χ0v) is 9.89. The van der Waals surface area contributed by atoms with Crippen LogP contribution >= 0.6 is 0 Å². The van der Waals surface area contributed by atoms with E-state index in [9.17, 15) is 4.79 Å². The van der Waals surface area contributed by atoms with Gasteiger partial charge in [-0.25, -0.2) is 4.79 Å². The first-order chi connectivity index (χ1) is 8.25. The fourth-order valence-electron chi connectivity index (χ4n) is 2.00. The lowest BCUT2D eigenvalue weighted by Gasteiger charge is -2.25. The lowest BCUT2D eigenvalue weighted by atomic mass is 10.1. The van der Waals surface area contributed by atoms with Crippen LogP contribution in [0.3, 0.4) is 0 Å². The minimum atomic E-state index is -0.216. The first-order valence-electron chi connectivity index (χ1n) is 6.02. The monoisotopic (exact) mass is 234 g/mol. The van der Waals surface area contributed by atoms with Gasteiger partial charge in [0.1, 0.15) is 6.61 Å². The molecule has 0 radical (unpaired) electrons. The standard InChI is InChI=1S/C13H18N2O2/c14-12-6-4-5-11(9-12)10-17-13(16)15-7-2-1-3-8-15/h4-6,9H,1-3,7-8,10,14H2. The van der Waals surface area contributed by atoms with Gasteiger partial charge in [0.15, 0.2) is 0 Å². The van der Waals surface area contributed by atoms with E-state index < -0.39 is 0 Å². The minimum absolute atomic E-state index is 0.216. The van der Waals surface area contributed by atoms with Gasteiger partial charge in [0.2, 0.25) is 0 Å². The van der Waals surface area contributed by atoms with Crippen LogP contribution in [0.25, 0.3) is 0 Å². The predicted molar refractivity (Wildman–Crippen MR) is 66.5 cm³/mol. The highest BCUT2D eigenvalue weighted by Crippen LogP contribution is 2.12. The normalized spacial score (nSPS) is 15.6. The lowest BCUT2D eigenvalue weighted by molar-refractivity contribution is 0.0895. The van der Waals surface area contributed by atoms with Crippen LogP contribution < -0.4 is 5.73 Å². The molecule has 17 heavy (non-hydrogen) atoms. The molecule has 1 aromatic carbocycles. The number of rotatable bonds is 2. The maximum atomic E-state index is 11.7. The molecular weight excluding hydrogens is 216 g/mol. The summed E-state index contributed by atoms with van der Waals surface area (Å²) in [5.74, 6) is 0. The molecule has 1 aliphatic heterocycles. The van der Waals surface area contributed by atoms with E-state index in [2.05, 4.69) is 0 Å².